The Morgan fingerprint density at radius 1 is 1.00 bits per heavy atom. The number of hydrogen-bond acceptors (Lipinski definition) is 5. The lowest BCUT2D eigenvalue weighted by atomic mass is 10.2. The van der Waals surface area contributed by atoms with Gasteiger partial charge in [0, 0.05) is 11.8 Å². The molecule has 0 aromatic heterocycles. The topological polar surface area (TPSA) is 93.7 Å². The molecule has 124 valence electrons. The number of benzene rings is 2. The van der Waals surface area contributed by atoms with Crippen molar-refractivity contribution in [3.05, 3.63) is 42.0 Å². The molecule has 0 spiro atoms. The molecule has 2 heterocycles. The van der Waals surface area contributed by atoms with Gasteiger partial charge in [0.2, 0.25) is 5.91 Å². The number of sulfonamides is 1. The zero-order chi connectivity index (χ0) is 16.7. The monoisotopic (exact) mass is 346 g/mol. The Morgan fingerprint density at radius 2 is 1.79 bits per heavy atom. The molecule has 0 bridgehead atoms. The van der Waals surface area contributed by atoms with Crippen molar-refractivity contribution in [2.45, 2.75) is 11.3 Å². The van der Waals surface area contributed by atoms with Crippen LogP contribution in [-0.4, -0.2) is 27.5 Å². The highest BCUT2D eigenvalue weighted by Gasteiger charge is 2.22. The lowest BCUT2D eigenvalue weighted by Crippen LogP contribution is -2.16. The van der Waals surface area contributed by atoms with Crippen LogP contribution >= 0.6 is 0 Å². The van der Waals surface area contributed by atoms with E-state index in [9.17, 15) is 13.2 Å². The van der Waals surface area contributed by atoms with Crippen LogP contribution in [0.3, 0.4) is 0 Å². The molecule has 2 N–H and O–H groups in total. The van der Waals surface area contributed by atoms with Crippen molar-refractivity contribution in [1.29, 1.82) is 0 Å². The van der Waals surface area contributed by atoms with Crippen LogP contribution in [0.2, 0.25) is 0 Å². The van der Waals surface area contributed by atoms with Gasteiger partial charge in [-0.2, -0.15) is 0 Å². The third kappa shape index (κ3) is 2.65. The highest BCUT2D eigenvalue weighted by atomic mass is 32.2. The average molecular weight is 346 g/mol. The van der Waals surface area contributed by atoms with Crippen molar-refractivity contribution in [3.63, 3.8) is 0 Å². The number of anilines is 2. The highest BCUT2D eigenvalue weighted by Crippen LogP contribution is 2.33. The maximum absolute atomic E-state index is 12.6. The van der Waals surface area contributed by atoms with Gasteiger partial charge in [-0.25, -0.2) is 8.42 Å². The van der Waals surface area contributed by atoms with Gasteiger partial charge < -0.3 is 14.8 Å². The molecule has 0 unspecified atom stereocenters. The summed E-state index contributed by atoms with van der Waals surface area (Å²) >= 11 is 0. The van der Waals surface area contributed by atoms with Crippen LogP contribution in [0.5, 0.6) is 11.5 Å². The Hall–Kier alpha value is -2.74. The number of carbonyl (C=O) groups excluding carboxylic acids is 1. The first kappa shape index (κ1) is 14.8. The summed E-state index contributed by atoms with van der Waals surface area (Å²) in [6.45, 7) is 0.898. The lowest BCUT2D eigenvalue weighted by Gasteiger charge is -2.19. The molecule has 2 aromatic rings. The van der Waals surface area contributed by atoms with E-state index in [2.05, 4.69) is 10.0 Å². The first-order valence-electron chi connectivity index (χ1n) is 7.36. The van der Waals surface area contributed by atoms with Crippen LogP contribution < -0.4 is 19.5 Å². The largest absolute Gasteiger partial charge is 0.486 e. The molecule has 2 aliphatic heterocycles. The summed E-state index contributed by atoms with van der Waals surface area (Å²) in [5.74, 6) is 0.954. The van der Waals surface area contributed by atoms with Crippen molar-refractivity contribution in [1.82, 2.24) is 0 Å². The molecule has 7 nitrogen and oxygen atoms in total. The fourth-order valence-corrected chi connectivity index (χ4v) is 3.79. The smallest absolute Gasteiger partial charge is 0.261 e. The number of carbonyl (C=O) groups is 1. The second-order valence-corrected chi connectivity index (χ2v) is 7.19. The molecular formula is C16H14N2O5S. The third-order valence-corrected chi connectivity index (χ3v) is 5.19. The van der Waals surface area contributed by atoms with Gasteiger partial charge >= 0.3 is 0 Å². The molecule has 0 atom stereocenters. The summed E-state index contributed by atoms with van der Waals surface area (Å²) in [6.07, 6.45) is 0.183. The van der Waals surface area contributed by atoms with Crippen LogP contribution in [0.25, 0.3) is 0 Å². The van der Waals surface area contributed by atoms with E-state index in [1.807, 2.05) is 0 Å². The summed E-state index contributed by atoms with van der Waals surface area (Å²) in [6, 6.07) is 9.43. The van der Waals surface area contributed by atoms with Gasteiger partial charge in [-0.1, -0.05) is 0 Å². The predicted molar refractivity (Wildman–Crippen MR) is 87.0 cm³/mol. The molecule has 0 saturated carbocycles. The summed E-state index contributed by atoms with van der Waals surface area (Å²) in [5.41, 5.74) is 1.71. The fourth-order valence-electron chi connectivity index (χ4n) is 2.69. The van der Waals surface area contributed by atoms with Crippen molar-refractivity contribution < 1.29 is 22.7 Å². The van der Waals surface area contributed by atoms with Gasteiger partial charge in [-0.05, 0) is 35.9 Å². The third-order valence-electron chi connectivity index (χ3n) is 3.81. The second-order valence-electron chi connectivity index (χ2n) is 5.51. The Bertz CT molecular complexity index is 939. The zero-order valence-electron chi connectivity index (χ0n) is 12.5. The van der Waals surface area contributed by atoms with Crippen molar-refractivity contribution in [2.75, 3.05) is 23.3 Å². The molecule has 24 heavy (non-hydrogen) atoms. The molecule has 0 fully saturated rings. The van der Waals surface area contributed by atoms with E-state index < -0.39 is 10.0 Å². The van der Waals surface area contributed by atoms with E-state index in [-0.39, 0.29) is 17.2 Å². The molecule has 8 heteroatoms. The Kier molecular flexibility index (Phi) is 3.34. The molecule has 0 aliphatic carbocycles. The highest BCUT2D eigenvalue weighted by molar-refractivity contribution is 7.92. The van der Waals surface area contributed by atoms with Gasteiger partial charge in [0.1, 0.15) is 13.2 Å². The molecular weight excluding hydrogens is 332 g/mol. The van der Waals surface area contributed by atoms with Crippen LogP contribution in [0.15, 0.2) is 41.3 Å². The number of amides is 1. The number of nitrogens with one attached hydrogen (secondary N) is 2. The first-order valence-corrected chi connectivity index (χ1v) is 8.85. The van der Waals surface area contributed by atoms with Crippen LogP contribution in [0.4, 0.5) is 11.4 Å². The minimum atomic E-state index is -3.76. The van der Waals surface area contributed by atoms with E-state index in [0.717, 1.165) is 0 Å². The summed E-state index contributed by atoms with van der Waals surface area (Å²) in [4.78, 5) is 11.5. The number of ether oxygens (including phenoxy) is 2. The Labute approximate surface area is 138 Å². The average Bonchev–Trinajstić information content (AvgIpc) is 2.93. The van der Waals surface area contributed by atoms with E-state index >= 15 is 0 Å². The summed E-state index contributed by atoms with van der Waals surface area (Å²) < 4.78 is 38.5. The minimum Gasteiger partial charge on any atom is -0.486 e. The van der Waals surface area contributed by atoms with Crippen LogP contribution in [0, 0.1) is 0 Å². The summed E-state index contributed by atoms with van der Waals surface area (Å²) in [7, 11) is -3.76. The molecule has 0 radical (unpaired) electrons. The van der Waals surface area contributed by atoms with Gasteiger partial charge in [0.15, 0.2) is 11.5 Å². The standard InChI is InChI=1S/C16H14N2O5S/c19-16-8-10-7-12(2-3-13(10)17-16)24(20,21)18-11-1-4-14-15(9-11)23-6-5-22-14/h1-4,7,9,18H,5-6,8H2,(H,17,19). The SMILES string of the molecule is O=C1Cc2cc(S(=O)(=O)Nc3ccc4c(c3)OCCO4)ccc2N1. The number of rotatable bonds is 3. The molecule has 2 aromatic carbocycles. The zero-order valence-corrected chi connectivity index (χ0v) is 13.4. The molecule has 1 amide bonds. The van der Waals surface area contributed by atoms with Crippen molar-refractivity contribution in [2.24, 2.45) is 0 Å². The van der Waals surface area contributed by atoms with Gasteiger partial charge in [-0.3, -0.25) is 9.52 Å². The Morgan fingerprint density at radius 3 is 2.62 bits per heavy atom. The molecule has 4 rings (SSSR count). The fraction of sp³-hybridized carbons (Fsp3) is 0.188. The lowest BCUT2D eigenvalue weighted by molar-refractivity contribution is -0.115. The van der Waals surface area contributed by atoms with E-state index in [1.54, 1.807) is 24.3 Å². The number of fused-ring (bicyclic) bond motifs is 2. The van der Waals surface area contributed by atoms with E-state index in [1.165, 1.54) is 12.1 Å². The first-order chi connectivity index (χ1) is 11.5. The van der Waals surface area contributed by atoms with Gasteiger partial charge in [0.25, 0.3) is 10.0 Å². The minimum absolute atomic E-state index is 0.104. The Balaban J connectivity index is 1.62. The number of hydrogen-bond donors (Lipinski definition) is 2. The van der Waals surface area contributed by atoms with E-state index in [0.29, 0.717) is 41.7 Å². The van der Waals surface area contributed by atoms with Gasteiger partial charge in [-0.15, -0.1) is 0 Å². The van der Waals surface area contributed by atoms with E-state index in [4.69, 9.17) is 9.47 Å². The van der Waals surface area contributed by atoms with Crippen molar-refractivity contribution in [3.8, 4) is 11.5 Å². The maximum atomic E-state index is 12.6. The van der Waals surface area contributed by atoms with Crippen LogP contribution in [-0.2, 0) is 21.2 Å². The van der Waals surface area contributed by atoms with Crippen molar-refractivity contribution >= 4 is 27.3 Å². The van der Waals surface area contributed by atoms with Crippen LogP contribution in [0.1, 0.15) is 5.56 Å². The normalized spacial score (nSPS) is 15.6. The molecule has 2 aliphatic rings. The summed E-state index contributed by atoms with van der Waals surface area (Å²) in [5, 5.41) is 2.68. The molecule has 0 saturated heterocycles. The predicted octanol–water partition coefficient (Wildman–Crippen LogP) is 1.75. The second kappa shape index (κ2) is 5.41. The quantitative estimate of drug-likeness (QED) is 0.883. The maximum Gasteiger partial charge on any atom is 0.261 e. The van der Waals surface area contributed by atoms with Gasteiger partial charge in [0.05, 0.1) is 17.0 Å².